The van der Waals surface area contributed by atoms with E-state index in [0.29, 0.717) is 6.54 Å². The van der Waals surface area contributed by atoms with E-state index in [4.69, 9.17) is 5.11 Å². The highest BCUT2D eigenvalue weighted by atomic mass is 32.2. The molecule has 0 aromatic carbocycles. The van der Waals surface area contributed by atoms with Crippen LogP contribution in [0.2, 0.25) is 0 Å². The molecule has 0 atom stereocenters. The van der Waals surface area contributed by atoms with Crippen molar-refractivity contribution in [1.29, 1.82) is 0 Å². The summed E-state index contributed by atoms with van der Waals surface area (Å²) >= 11 is 0.919. The van der Waals surface area contributed by atoms with Gasteiger partial charge in [-0.3, -0.25) is 0 Å². The molecule has 7 heteroatoms. The molecule has 0 fully saturated rings. The number of hydrogen-bond acceptors (Lipinski definition) is 4. The quantitative estimate of drug-likeness (QED) is 0.649. The Kier molecular flexibility index (Phi) is 7.18. The number of carbonyl (C=O) groups is 1. The third-order valence-electron chi connectivity index (χ3n) is 2.94. The Labute approximate surface area is 124 Å². The maximum absolute atomic E-state index is 12.0. The van der Waals surface area contributed by atoms with Crippen LogP contribution >= 0.6 is 11.3 Å². The van der Waals surface area contributed by atoms with Crippen LogP contribution < -0.4 is 4.72 Å². The van der Waals surface area contributed by atoms with E-state index in [0.717, 1.165) is 30.6 Å². The van der Waals surface area contributed by atoms with Crippen molar-refractivity contribution in [2.75, 3.05) is 6.54 Å². The minimum Gasteiger partial charge on any atom is -0.477 e. The molecule has 1 heterocycles. The predicted molar refractivity (Wildman–Crippen MR) is 79.8 cm³/mol. The number of carboxylic acids is 1. The van der Waals surface area contributed by atoms with Gasteiger partial charge in [-0.1, -0.05) is 39.0 Å². The predicted octanol–water partition coefficient (Wildman–Crippen LogP) is 3.09. The maximum atomic E-state index is 12.0. The summed E-state index contributed by atoms with van der Waals surface area (Å²) in [6, 6.07) is 1.33. The highest BCUT2D eigenvalue weighted by Crippen LogP contribution is 2.21. The summed E-state index contributed by atoms with van der Waals surface area (Å²) in [5.41, 5.74) is 0. The Morgan fingerprint density at radius 2 is 1.90 bits per heavy atom. The third kappa shape index (κ3) is 5.22. The lowest BCUT2D eigenvalue weighted by Gasteiger charge is -2.06. The van der Waals surface area contributed by atoms with E-state index in [1.54, 1.807) is 0 Å². The summed E-state index contributed by atoms with van der Waals surface area (Å²) in [6.07, 6.45) is 6.43. The average molecular weight is 319 g/mol. The van der Waals surface area contributed by atoms with Crippen molar-refractivity contribution < 1.29 is 18.3 Å². The smallest absolute Gasteiger partial charge is 0.347 e. The van der Waals surface area contributed by atoms with E-state index in [1.165, 1.54) is 30.7 Å². The Morgan fingerprint density at radius 1 is 1.25 bits per heavy atom. The molecule has 20 heavy (non-hydrogen) atoms. The first-order valence-electron chi connectivity index (χ1n) is 6.79. The minimum atomic E-state index is -3.71. The second kappa shape index (κ2) is 8.39. The summed E-state index contributed by atoms with van der Waals surface area (Å²) in [5, 5.41) is 10.4. The molecule has 0 amide bonds. The van der Waals surface area contributed by atoms with Gasteiger partial charge >= 0.3 is 5.97 Å². The maximum Gasteiger partial charge on any atom is 0.347 e. The van der Waals surface area contributed by atoms with Crippen molar-refractivity contribution in [3.05, 3.63) is 16.3 Å². The topological polar surface area (TPSA) is 83.5 Å². The van der Waals surface area contributed by atoms with Crippen molar-refractivity contribution in [3.8, 4) is 0 Å². The van der Waals surface area contributed by atoms with Crippen LogP contribution in [0.15, 0.2) is 16.3 Å². The lowest BCUT2D eigenvalue weighted by molar-refractivity contribution is 0.0698. The molecule has 1 rings (SSSR count). The van der Waals surface area contributed by atoms with Gasteiger partial charge in [0.1, 0.15) is 9.77 Å². The third-order valence-corrected chi connectivity index (χ3v) is 5.47. The van der Waals surface area contributed by atoms with E-state index < -0.39 is 16.0 Å². The van der Waals surface area contributed by atoms with Crippen molar-refractivity contribution in [2.24, 2.45) is 0 Å². The molecular weight excluding hydrogens is 298 g/mol. The van der Waals surface area contributed by atoms with Crippen molar-refractivity contribution in [2.45, 2.75) is 50.3 Å². The lowest BCUT2D eigenvalue weighted by Crippen LogP contribution is -2.25. The van der Waals surface area contributed by atoms with Crippen LogP contribution in [0.4, 0.5) is 0 Å². The molecule has 0 saturated heterocycles. The number of rotatable bonds is 10. The normalized spacial score (nSPS) is 11.7. The van der Waals surface area contributed by atoms with Crippen LogP contribution in [-0.4, -0.2) is 26.0 Å². The fraction of sp³-hybridized carbons (Fsp3) is 0.615. The van der Waals surface area contributed by atoms with Crippen LogP contribution in [0.3, 0.4) is 0 Å². The van der Waals surface area contributed by atoms with E-state index in [-0.39, 0.29) is 9.77 Å². The summed E-state index contributed by atoms with van der Waals surface area (Å²) in [4.78, 5) is 10.6. The molecule has 0 unspecified atom stereocenters. The largest absolute Gasteiger partial charge is 0.477 e. The number of aromatic carboxylic acids is 1. The van der Waals surface area contributed by atoms with Gasteiger partial charge in [-0.05, 0) is 17.9 Å². The van der Waals surface area contributed by atoms with Crippen molar-refractivity contribution in [3.63, 3.8) is 0 Å². The molecule has 0 aliphatic carbocycles. The molecule has 0 radical (unpaired) electrons. The first-order chi connectivity index (χ1) is 9.49. The highest BCUT2D eigenvalue weighted by molar-refractivity contribution is 7.89. The van der Waals surface area contributed by atoms with Crippen molar-refractivity contribution in [1.82, 2.24) is 4.72 Å². The van der Waals surface area contributed by atoms with Gasteiger partial charge in [-0.2, -0.15) is 0 Å². The molecule has 0 aliphatic heterocycles. The van der Waals surface area contributed by atoms with Gasteiger partial charge in [0, 0.05) is 6.54 Å². The zero-order chi connectivity index (χ0) is 15.0. The zero-order valence-electron chi connectivity index (χ0n) is 11.6. The van der Waals surface area contributed by atoms with Gasteiger partial charge in [0.15, 0.2) is 0 Å². The first-order valence-corrected chi connectivity index (χ1v) is 9.15. The van der Waals surface area contributed by atoms with Crippen LogP contribution in [0, 0.1) is 0 Å². The monoisotopic (exact) mass is 319 g/mol. The summed E-state index contributed by atoms with van der Waals surface area (Å²) in [7, 11) is -3.71. The zero-order valence-corrected chi connectivity index (χ0v) is 13.2. The number of nitrogens with one attached hydrogen (secondary N) is 1. The van der Waals surface area contributed by atoms with Crippen LogP contribution in [-0.2, 0) is 10.0 Å². The molecule has 0 saturated carbocycles. The second-order valence-corrected chi connectivity index (χ2v) is 7.24. The summed E-state index contributed by atoms with van der Waals surface area (Å²) in [5.74, 6) is -1.21. The number of carboxylic acid groups (broad SMARTS) is 1. The van der Waals surface area contributed by atoms with Gasteiger partial charge in [-0.25, -0.2) is 17.9 Å². The standard InChI is InChI=1S/C13H21NO4S2/c1-2-3-4-5-6-7-9-14-20(17,18)11-8-10-19-12(11)13(15)16/h8,10,14H,2-7,9H2,1H3,(H,15,16). The SMILES string of the molecule is CCCCCCCCNS(=O)(=O)c1ccsc1C(=O)O. The van der Waals surface area contributed by atoms with Gasteiger partial charge in [0.2, 0.25) is 10.0 Å². The Bertz CT molecular complexity index is 522. The molecule has 0 spiro atoms. The molecule has 0 aliphatic rings. The number of sulfonamides is 1. The molecular formula is C13H21NO4S2. The van der Waals surface area contributed by atoms with Crippen LogP contribution in [0.1, 0.15) is 55.1 Å². The summed E-state index contributed by atoms with van der Waals surface area (Å²) in [6.45, 7) is 2.50. The highest BCUT2D eigenvalue weighted by Gasteiger charge is 2.23. The summed E-state index contributed by atoms with van der Waals surface area (Å²) < 4.78 is 26.4. The van der Waals surface area contributed by atoms with Gasteiger partial charge in [-0.15, -0.1) is 11.3 Å². The fourth-order valence-electron chi connectivity index (χ4n) is 1.85. The number of thiophene rings is 1. The molecule has 0 bridgehead atoms. The fourth-order valence-corrected chi connectivity index (χ4v) is 4.19. The average Bonchev–Trinajstić information content (AvgIpc) is 2.88. The number of unbranched alkanes of at least 4 members (excludes halogenated alkanes) is 5. The van der Waals surface area contributed by atoms with Gasteiger partial charge in [0.05, 0.1) is 0 Å². The van der Waals surface area contributed by atoms with E-state index in [2.05, 4.69) is 11.6 Å². The molecule has 2 N–H and O–H groups in total. The lowest BCUT2D eigenvalue weighted by atomic mass is 10.1. The van der Waals surface area contributed by atoms with Gasteiger partial charge < -0.3 is 5.11 Å². The first kappa shape index (κ1) is 17.1. The van der Waals surface area contributed by atoms with E-state index >= 15 is 0 Å². The minimum absolute atomic E-state index is 0.138. The molecule has 1 aromatic heterocycles. The molecule has 1 aromatic rings. The molecule has 114 valence electrons. The van der Waals surface area contributed by atoms with Crippen LogP contribution in [0.25, 0.3) is 0 Å². The molecule has 5 nitrogen and oxygen atoms in total. The van der Waals surface area contributed by atoms with Crippen LogP contribution in [0.5, 0.6) is 0 Å². The Balaban J connectivity index is 2.42. The number of hydrogen-bond donors (Lipinski definition) is 2. The van der Waals surface area contributed by atoms with Crippen molar-refractivity contribution >= 4 is 27.3 Å². The van der Waals surface area contributed by atoms with E-state index in [9.17, 15) is 13.2 Å². The Morgan fingerprint density at radius 3 is 2.55 bits per heavy atom. The van der Waals surface area contributed by atoms with Gasteiger partial charge in [0.25, 0.3) is 0 Å². The van der Waals surface area contributed by atoms with E-state index in [1.807, 2.05) is 0 Å². The second-order valence-electron chi connectivity index (χ2n) is 4.58. The Hall–Kier alpha value is -0.920.